The van der Waals surface area contributed by atoms with Gasteiger partial charge in [0.15, 0.2) is 0 Å². The predicted molar refractivity (Wildman–Crippen MR) is 144 cm³/mol. The fourth-order valence-electron chi connectivity index (χ4n) is 7.38. The first-order valence-electron chi connectivity index (χ1n) is 14.5. The van der Waals surface area contributed by atoms with Gasteiger partial charge in [0, 0.05) is 19.3 Å². The Morgan fingerprint density at radius 3 is 1.75 bits per heavy atom. The van der Waals surface area contributed by atoms with Crippen LogP contribution in [0.25, 0.3) is 0 Å². The summed E-state index contributed by atoms with van der Waals surface area (Å²) >= 11 is 0. The number of hydrogen-bond acceptors (Lipinski definition) is 3. The number of aliphatic carboxylic acids is 3. The van der Waals surface area contributed by atoms with Crippen LogP contribution in [0.1, 0.15) is 131 Å². The predicted octanol–water partition coefficient (Wildman–Crippen LogP) is 7.89. The zero-order chi connectivity index (χ0) is 27.5. The lowest BCUT2D eigenvalue weighted by Gasteiger charge is -2.63. The molecule has 0 aromatic carbocycles. The van der Waals surface area contributed by atoms with Gasteiger partial charge in [-0.05, 0) is 91.8 Å². The summed E-state index contributed by atoms with van der Waals surface area (Å²) in [5, 5.41) is 29.1. The summed E-state index contributed by atoms with van der Waals surface area (Å²) in [6, 6.07) is 0. The van der Waals surface area contributed by atoms with Crippen LogP contribution in [0, 0.1) is 40.4 Å². The lowest BCUT2D eigenvalue weighted by Crippen LogP contribution is -2.55. The number of carbonyl (C=O) groups is 3. The van der Waals surface area contributed by atoms with Crippen LogP contribution in [0.4, 0.5) is 0 Å². The molecule has 0 radical (unpaired) electrons. The molecule has 0 aliphatic heterocycles. The van der Waals surface area contributed by atoms with Gasteiger partial charge in [0.25, 0.3) is 0 Å². The highest BCUT2D eigenvalue weighted by Gasteiger charge is 2.59. The lowest BCUT2D eigenvalue weighted by atomic mass is 9.41. The molecular formula is C30H54O6. The maximum atomic E-state index is 12.0. The maximum Gasteiger partial charge on any atom is 0.303 e. The topological polar surface area (TPSA) is 112 Å². The van der Waals surface area contributed by atoms with Crippen molar-refractivity contribution in [3.63, 3.8) is 0 Å². The van der Waals surface area contributed by atoms with Crippen molar-refractivity contribution >= 4 is 17.9 Å². The molecule has 0 aromatic heterocycles. The van der Waals surface area contributed by atoms with Gasteiger partial charge in [0.1, 0.15) is 0 Å². The van der Waals surface area contributed by atoms with Crippen LogP contribution in [0.3, 0.4) is 0 Å². The summed E-state index contributed by atoms with van der Waals surface area (Å²) in [5.74, 6) is -0.697. The lowest BCUT2D eigenvalue weighted by molar-refractivity contribution is -0.158. The van der Waals surface area contributed by atoms with Crippen LogP contribution in [-0.2, 0) is 14.4 Å². The molecule has 0 aromatic rings. The molecule has 1 aliphatic carbocycles. The van der Waals surface area contributed by atoms with E-state index in [0.717, 1.165) is 51.4 Å². The number of carboxylic acids is 3. The molecule has 7 atom stereocenters. The second-order valence-corrected chi connectivity index (χ2v) is 12.2. The van der Waals surface area contributed by atoms with Crippen LogP contribution in [-0.4, -0.2) is 33.2 Å². The molecule has 0 amide bonds. The Bertz CT molecular complexity index is 706. The van der Waals surface area contributed by atoms with Crippen molar-refractivity contribution < 1.29 is 29.7 Å². The average Bonchev–Trinajstić information content (AvgIpc) is 2.82. The first kappa shape index (κ1) is 32.4. The van der Waals surface area contributed by atoms with Crippen molar-refractivity contribution in [2.45, 2.75) is 131 Å². The minimum Gasteiger partial charge on any atom is -0.481 e. The summed E-state index contributed by atoms with van der Waals surface area (Å²) in [4.78, 5) is 35.5. The third kappa shape index (κ3) is 8.76. The van der Waals surface area contributed by atoms with E-state index in [2.05, 4.69) is 41.5 Å². The zero-order valence-electron chi connectivity index (χ0n) is 23.9. The van der Waals surface area contributed by atoms with E-state index in [-0.39, 0.29) is 41.9 Å². The largest absolute Gasteiger partial charge is 0.481 e. The van der Waals surface area contributed by atoms with E-state index in [0.29, 0.717) is 37.0 Å². The van der Waals surface area contributed by atoms with Crippen LogP contribution in [0.5, 0.6) is 0 Å². The third-order valence-corrected chi connectivity index (χ3v) is 9.86. The molecule has 3 N–H and O–H groups in total. The minimum absolute atomic E-state index is 0.0778. The van der Waals surface area contributed by atoms with Crippen molar-refractivity contribution in [3.05, 3.63) is 0 Å². The fourth-order valence-corrected chi connectivity index (χ4v) is 7.38. The van der Waals surface area contributed by atoms with E-state index < -0.39 is 17.9 Å². The number of hydrogen-bond donors (Lipinski definition) is 3. The van der Waals surface area contributed by atoms with Gasteiger partial charge in [0.05, 0.1) is 0 Å². The Morgan fingerprint density at radius 1 is 0.750 bits per heavy atom. The quantitative estimate of drug-likeness (QED) is 0.173. The highest BCUT2D eigenvalue weighted by molar-refractivity contribution is 5.67. The molecule has 6 nitrogen and oxygen atoms in total. The Kier molecular flexibility index (Phi) is 13.5. The van der Waals surface area contributed by atoms with E-state index in [4.69, 9.17) is 0 Å². The van der Waals surface area contributed by atoms with Gasteiger partial charge in [0.2, 0.25) is 0 Å². The van der Waals surface area contributed by atoms with Crippen LogP contribution >= 0.6 is 0 Å². The van der Waals surface area contributed by atoms with E-state index in [1.807, 2.05) is 0 Å². The highest BCUT2D eigenvalue weighted by atomic mass is 16.4. The van der Waals surface area contributed by atoms with Gasteiger partial charge >= 0.3 is 17.9 Å². The van der Waals surface area contributed by atoms with Crippen molar-refractivity contribution in [1.29, 1.82) is 0 Å². The zero-order valence-corrected chi connectivity index (χ0v) is 23.9. The Morgan fingerprint density at radius 2 is 1.25 bits per heavy atom. The highest BCUT2D eigenvalue weighted by Crippen LogP contribution is 2.67. The summed E-state index contributed by atoms with van der Waals surface area (Å²) in [6.45, 7) is 13.3. The molecule has 0 heterocycles. The van der Waals surface area contributed by atoms with Crippen molar-refractivity contribution in [1.82, 2.24) is 0 Å². The minimum atomic E-state index is -0.802. The van der Waals surface area contributed by atoms with Crippen molar-refractivity contribution in [3.8, 4) is 0 Å². The Labute approximate surface area is 219 Å². The van der Waals surface area contributed by atoms with Crippen LogP contribution in [0.2, 0.25) is 0 Å². The van der Waals surface area contributed by atoms with Gasteiger partial charge in [-0.15, -0.1) is 0 Å². The Balaban J connectivity index is 3.86. The molecule has 210 valence electrons. The second kappa shape index (κ2) is 15.0. The smallest absolute Gasteiger partial charge is 0.303 e. The first-order valence-corrected chi connectivity index (χ1v) is 14.5. The van der Waals surface area contributed by atoms with Crippen molar-refractivity contribution in [2.75, 3.05) is 0 Å². The molecular weight excluding hydrogens is 456 g/mol. The average molecular weight is 511 g/mol. The van der Waals surface area contributed by atoms with E-state index in [9.17, 15) is 29.7 Å². The van der Waals surface area contributed by atoms with E-state index >= 15 is 0 Å². The van der Waals surface area contributed by atoms with Crippen LogP contribution in [0.15, 0.2) is 0 Å². The standard InChI is InChI=1S/C30H54O6/c1-7-21(4)18-25-24(10-11-26(31)32)12-15-29(16-13-27(33)34,19-22(5)8-2)30(25,17-14-28(35)36)20-23(6)9-3/h21-25H,7-20H2,1-6H3,(H,31,32)(H,33,34)(H,35,36). The molecule has 1 rings (SSSR count). The summed E-state index contributed by atoms with van der Waals surface area (Å²) in [5.41, 5.74) is -0.567. The van der Waals surface area contributed by atoms with Gasteiger partial charge in [-0.2, -0.15) is 0 Å². The second-order valence-electron chi connectivity index (χ2n) is 12.2. The van der Waals surface area contributed by atoms with Gasteiger partial charge < -0.3 is 15.3 Å². The monoisotopic (exact) mass is 510 g/mol. The Hall–Kier alpha value is -1.59. The summed E-state index contributed by atoms with van der Waals surface area (Å²) in [7, 11) is 0. The van der Waals surface area contributed by atoms with Gasteiger partial charge in [-0.25, -0.2) is 0 Å². The van der Waals surface area contributed by atoms with Gasteiger partial charge in [-0.3, -0.25) is 14.4 Å². The summed E-state index contributed by atoms with van der Waals surface area (Å²) < 4.78 is 0. The molecule has 0 spiro atoms. The van der Waals surface area contributed by atoms with Crippen LogP contribution < -0.4 is 0 Å². The molecule has 7 unspecified atom stereocenters. The van der Waals surface area contributed by atoms with E-state index in [1.54, 1.807) is 0 Å². The SMILES string of the molecule is CCC(C)CC1C(CCC(=O)O)CCC(CCC(=O)O)(CC(C)CC)C1(CCC(=O)O)CC(C)CC. The molecule has 36 heavy (non-hydrogen) atoms. The first-order chi connectivity index (χ1) is 16.9. The van der Waals surface area contributed by atoms with Gasteiger partial charge in [-0.1, -0.05) is 60.8 Å². The molecule has 0 saturated heterocycles. The summed E-state index contributed by atoms with van der Waals surface area (Å²) in [6.07, 6.45) is 9.58. The van der Waals surface area contributed by atoms with E-state index in [1.165, 1.54) is 0 Å². The molecule has 0 bridgehead atoms. The molecule has 1 aliphatic rings. The third-order valence-electron chi connectivity index (χ3n) is 9.86. The van der Waals surface area contributed by atoms with Crippen molar-refractivity contribution in [2.24, 2.45) is 40.4 Å². The molecule has 6 heteroatoms. The molecule has 1 saturated carbocycles. The molecule has 1 fully saturated rings. The number of rotatable bonds is 18. The number of carboxylic acid groups (broad SMARTS) is 3. The normalized spacial score (nSPS) is 28.8. The maximum absolute atomic E-state index is 12.0. The fraction of sp³-hybridized carbons (Fsp3) is 0.900.